The Bertz CT molecular complexity index is 1040. The fourth-order valence-corrected chi connectivity index (χ4v) is 6.19. The van der Waals surface area contributed by atoms with Crippen LogP contribution in [0.2, 0.25) is 0 Å². The number of piperazine rings is 1. The Hall–Kier alpha value is -2.42. The van der Waals surface area contributed by atoms with Crippen LogP contribution in [0.15, 0.2) is 35.1 Å². The van der Waals surface area contributed by atoms with E-state index >= 15 is 0 Å². The Kier molecular flexibility index (Phi) is 8.79. The molecule has 1 aromatic heterocycles. The predicted molar refractivity (Wildman–Crippen MR) is 151 cm³/mol. The van der Waals surface area contributed by atoms with Crippen LogP contribution in [0.5, 0.6) is 0 Å². The lowest BCUT2D eigenvalue weighted by Crippen LogP contribution is -2.50. The van der Waals surface area contributed by atoms with Crippen LogP contribution in [0.3, 0.4) is 0 Å². The number of hydrogen-bond acceptors (Lipinski definition) is 7. The van der Waals surface area contributed by atoms with Gasteiger partial charge in [-0.3, -0.25) is 24.5 Å². The summed E-state index contributed by atoms with van der Waals surface area (Å²) in [6.45, 7) is 9.94. The molecule has 1 aliphatic carbocycles. The van der Waals surface area contributed by atoms with Gasteiger partial charge in [0.2, 0.25) is 5.95 Å². The van der Waals surface area contributed by atoms with Gasteiger partial charge in [0.05, 0.1) is 5.69 Å². The molecule has 8 nitrogen and oxygen atoms in total. The number of H-pyrrole nitrogens is 1. The Morgan fingerprint density at radius 3 is 2.27 bits per heavy atom. The van der Waals surface area contributed by atoms with E-state index in [4.69, 9.17) is 4.98 Å². The van der Waals surface area contributed by atoms with Gasteiger partial charge in [-0.15, -0.1) is 0 Å². The third kappa shape index (κ3) is 7.12. The average Bonchev–Trinajstić information content (AvgIpc) is 3.15. The van der Waals surface area contributed by atoms with E-state index in [0.29, 0.717) is 0 Å². The third-order valence-corrected chi connectivity index (χ3v) is 8.41. The molecule has 2 saturated heterocycles. The summed E-state index contributed by atoms with van der Waals surface area (Å²) in [6, 6.07) is 11.3. The van der Waals surface area contributed by atoms with E-state index in [-0.39, 0.29) is 5.56 Å². The summed E-state index contributed by atoms with van der Waals surface area (Å²) in [5, 5.41) is 0. The van der Waals surface area contributed by atoms with Crippen molar-refractivity contribution < 1.29 is 0 Å². The molecule has 0 amide bonds. The Morgan fingerprint density at radius 2 is 1.54 bits per heavy atom. The lowest BCUT2D eigenvalue weighted by molar-refractivity contribution is 0.0749. The molecule has 0 unspecified atom stereocenters. The SMILES string of the molecule is CN(C)c1ccc(CN2CCCN(c3nc(CN4CCN(C5CCCCC5)CC4)cc(=O)[nH]3)CC2)cc1. The van der Waals surface area contributed by atoms with Crippen molar-refractivity contribution >= 4 is 11.6 Å². The zero-order valence-electron chi connectivity index (χ0n) is 22.9. The van der Waals surface area contributed by atoms with E-state index in [1.165, 1.54) is 43.4 Å². The van der Waals surface area contributed by atoms with Gasteiger partial charge in [0.15, 0.2) is 0 Å². The minimum atomic E-state index is -0.0390. The molecule has 3 heterocycles. The van der Waals surface area contributed by atoms with Gasteiger partial charge in [0, 0.05) is 97.3 Å². The molecule has 1 saturated carbocycles. The first kappa shape index (κ1) is 26.2. The molecule has 2 aliphatic heterocycles. The van der Waals surface area contributed by atoms with Gasteiger partial charge >= 0.3 is 0 Å². The molecule has 37 heavy (non-hydrogen) atoms. The minimum absolute atomic E-state index is 0.0390. The molecule has 0 bridgehead atoms. The van der Waals surface area contributed by atoms with Gasteiger partial charge in [0.25, 0.3) is 5.56 Å². The van der Waals surface area contributed by atoms with Crippen LogP contribution < -0.4 is 15.4 Å². The third-order valence-electron chi connectivity index (χ3n) is 8.41. The first-order chi connectivity index (χ1) is 18.0. The predicted octanol–water partition coefficient (Wildman–Crippen LogP) is 3.00. The van der Waals surface area contributed by atoms with E-state index in [1.54, 1.807) is 6.07 Å². The molecule has 5 rings (SSSR count). The summed E-state index contributed by atoms with van der Waals surface area (Å²) >= 11 is 0. The normalized spacial score (nSPS) is 21.2. The number of benzene rings is 1. The van der Waals surface area contributed by atoms with Gasteiger partial charge in [-0.1, -0.05) is 31.4 Å². The maximum Gasteiger partial charge on any atom is 0.252 e. The Labute approximate surface area is 222 Å². The van der Waals surface area contributed by atoms with Crippen LogP contribution in [-0.2, 0) is 13.1 Å². The summed E-state index contributed by atoms with van der Waals surface area (Å²) in [6.07, 6.45) is 7.99. The Morgan fingerprint density at radius 1 is 0.838 bits per heavy atom. The van der Waals surface area contributed by atoms with Gasteiger partial charge in [-0.25, -0.2) is 4.98 Å². The smallest absolute Gasteiger partial charge is 0.252 e. The zero-order valence-corrected chi connectivity index (χ0v) is 22.9. The quantitative estimate of drug-likeness (QED) is 0.618. The van der Waals surface area contributed by atoms with E-state index in [9.17, 15) is 4.79 Å². The van der Waals surface area contributed by atoms with Crippen LogP contribution in [-0.4, -0.2) is 97.2 Å². The second kappa shape index (κ2) is 12.4. The van der Waals surface area contributed by atoms with Crippen LogP contribution in [0.4, 0.5) is 11.6 Å². The molecular formula is C29H45N7O. The molecule has 1 aromatic carbocycles. The number of aromatic nitrogens is 2. The van der Waals surface area contributed by atoms with E-state index < -0.39 is 0 Å². The van der Waals surface area contributed by atoms with Gasteiger partial charge in [-0.2, -0.15) is 0 Å². The highest BCUT2D eigenvalue weighted by atomic mass is 16.1. The van der Waals surface area contributed by atoms with Crippen LogP contribution >= 0.6 is 0 Å². The molecule has 0 radical (unpaired) electrons. The molecule has 3 fully saturated rings. The maximum atomic E-state index is 12.6. The van der Waals surface area contributed by atoms with Crippen molar-refractivity contribution in [2.24, 2.45) is 0 Å². The van der Waals surface area contributed by atoms with Crippen molar-refractivity contribution in [3.05, 3.63) is 51.9 Å². The number of aromatic amines is 1. The highest BCUT2D eigenvalue weighted by molar-refractivity contribution is 5.46. The molecular weight excluding hydrogens is 462 g/mol. The second-order valence-electron chi connectivity index (χ2n) is 11.3. The number of hydrogen-bond donors (Lipinski definition) is 1. The average molecular weight is 508 g/mol. The number of nitrogens with zero attached hydrogens (tertiary/aromatic N) is 6. The second-order valence-corrected chi connectivity index (χ2v) is 11.3. The number of nitrogens with one attached hydrogen (secondary N) is 1. The van der Waals surface area contributed by atoms with Crippen molar-refractivity contribution in [1.29, 1.82) is 0 Å². The van der Waals surface area contributed by atoms with E-state index in [2.05, 4.69) is 67.8 Å². The van der Waals surface area contributed by atoms with Crippen molar-refractivity contribution in [2.45, 2.75) is 57.7 Å². The minimum Gasteiger partial charge on any atom is -0.378 e. The van der Waals surface area contributed by atoms with Crippen molar-refractivity contribution in [1.82, 2.24) is 24.7 Å². The topological polar surface area (TPSA) is 62.0 Å². The van der Waals surface area contributed by atoms with E-state index in [1.807, 2.05) is 0 Å². The summed E-state index contributed by atoms with van der Waals surface area (Å²) in [5.74, 6) is 0.737. The molecule has 1 N–H and O–H groups in total. The molecule has 8 heteroatoms. The Balaban J connectivity index is 1.14. The lowest BCUT2D eigenvalue weighted by Gasteiger charge is -2.40. The van der Waals surface area contributed by atoms with Crippen LogP contribution in [0, 0.1) is 0 Å². The highest BCUT2D eigenvalue weighted by Crippen LogP contribution is 2.24. The first-order valence-corrected chi connectivity index (χ1v) is 14.3. The summed E-state index contributed by atoms with van der Waals surface area (Å²) in [5.41, 5.74) is 3.43. The zero-order chi connectivity index (χ0) is 25.6. The number of rotatable bonds is 7. The summed E-state index contributed by atoms with van der Waals surface area (Å²) in [7, 11) is 4.15. The summed E-state index contributed by atoms with van der Waals surface area (Å²) < 4.78 is 0. The van der Waals surface area contributed by atoms with E-state index in [0.717, 1.165) is 89.6 Å². The van der Waals surface area contributed by atoms with Crippen LogP contribution in [0.1, 0.15) is 49.8 Å². The first-order valence-electron chi connectivity index (χ1n) is 14.3. The molecule has 202 valence electrons. The monoisotopic (exact) mass is 507 g/mol. The largest absolute Gasteiger partial charge is 0.378 e. The molecule has 2 aromatic rings. The molecule has 0 atom stereocenters. The maximum absolute atomic E-state index is 12.6. The van der Waals surface area contributed by atoms with Gasteiger partial charge in [-0.05, 0) is 37.0 Å². The van der Waals surface area contributed by atoms with Crippen molar-refractivity contribution in [2.75, 3.05) is 76.3 Å². The van der Waals surface area contributed by atoms with Crippen LogP contribution in [0.25, 0.3) is 0 Å². The number of anilines is 2. The lowest BCUT2D eigenvalue weighted by atomic mass is 9.94. The molecule has 0 spiro atoms. The standard InChI is InChI=1S/C29H45N7O/c1-32(2)26-11-9-24(10-12-26)22-33-13-6-14-36(20-17-33)29-30-25(21-28(37)31-29)23-34-15-18-35(19-16-34)27-7-4-3-5-8-27/h9-12,21,27H,3-8,13-20,22-23H2,1-2H3,(H,30,31,37). The summed E-state index contributed by atoms with van der Waals surface area (Å²) in [4.78, 5) is 32.6. The fraction of sp³-hybridized carbons (Fsp3) is 0.655. The molecule has 3 aliphatic rings. The van der Waals surface area contributed by atoms with Gasteiger partial charge < -0.3 is 9.80 Å². The highest BCUT2D eigenvalue weighted by Gasteiger charge is 2.25. The van der Waals surface area contributed by atoms with Crippen molar-refractivity contribution in [3.8, 4) is 0 Å². The fourth-order valence-electron chi connectivity index (χ4n) is 6.19. The van der Waals surface area contributed by atoms with Crippen molar-refractivity contribution in [3.63, 3.8) is 0 Å². The van der Waals surface area contributed by atoms with Gasteiger partial charge in [0.1, 0.15) is 0 Å².